The summed E-state index contributed by atoms with van der Waals surface area (Å²) in [6.07, 6.45) is -6.84. The Labute approximate surface area is 174 Å². The Hall–Kier alpha value is -2.69. The summed E-state index contributed by atoms with van der Waals surface area (Å²) in [4.78, 5) is 12.4. The Morgan fingerprint density at radius 2 is 1.68 bits per heavy atom. The van der Waals surface area contributed by atoms with Crippen LogP contribution in [-0.4, -0.2) is 38.5 Å². The molecular weight excluding hydrogens is 447 g/mol. The van der Waals surface area contributed by atoms with Gasteiger partial charge >= 0.3 is 12.1 Å². The van der Waals surface area contributed by atoms with Crippen LogP contribution in [0, 0.1) is 11.6 Å². The van der Waals surface area contributed by atoms with Crippen LogP contribution in [0.15, 0.2) is 47.4 Å². The first kappa shape index (κ1) is 23.0. The van der Waals surface area contributed by atoms with Crippen LogP contribution in [0.4, 0.5) is 22.0 Å². The van der Waals surface area contributed by atoms with Crippen molar-refractivity contribution in [3.63, 3.8) is 0 Å². The number of sulfone groups is 1. The second-order valence-electron chi connectivity index (χ2n) is 7.46. The number of rotatable bonds is 5. The van der Waals surface area contributed by atoms with Crippen LogP contribution in [0.1, 0.15) is 24.8 Å². The van der Waals surface area contributed by atoms with Crippen LogP contribution >= 0.6 is 0 Å². The van der Waals surface area contributed by atoms with Gasteiger partial charge in [-0.1, -0.05) is 12.1 Å². The van der Waals surface area contributed by atoms with Crippen molar-refractivity contribution in [2.75, 3.05) is 6.26 Å². The zero-order chi connectivity index (χ0) is 23.2. The summed E-state index contributed by atoms with van der Waals surface area (Å²) in [5.74, 6) is -5.15. The third-order valence-corrected chi connectivity index (χ3v) is 6.03. The van der Waals surface area contributed by atoms with Crippen molar-refractivity contribution in [2.24, 2.45) is 0 Å². The minimum atomic E-state index is -4.70. The molecule has 0 N–H and O–H groups in total. The molecule has 2 unspecified atom stereocenters. The van der Waals surface area contributed by atoms with E-state index < -0.39 is 57.7 Å². The third-order valence-electron chi connectivity index (χ3n) is 4.90. The van der Waals surface area contributed by atoms with Crippen LogP contribution in [0.5, 0.6) is 5.75 Å². The molecule has 0 aromatic heterocycles. The van der Waals surface area contributed by atoms with Gasteiger partial charge in [-0.3, -0.25) is 0 Å². The van der Waals surface area contributed by atoms with Gasteiger partial charge in [0.2, 0.25) is 6.10 Å². The molecule has 1 fully saturated rings. The number of halogens is 5. The average molecular weight is 464 g/mol. The molecule has 0 spiro atoms. The second kappa shape index (κ2) is 7.77. The smallest absolute Gasteiger partial charge is 0.392 e. The summed E-state index contributed by atoms with van der Waals surface area (Å²) in [7, 11) is -3.57. The SMILES string of the molecule is C[C@]1(CC(F)(F)F)OC(=O)C(Oc2ccc(F)c(F)c2)C1c1ccc(S(C)(=O)=O)cc1. The number of benzene rings is 2. The lowest BCUT2D eigenvalue weighted by atomic mass is 9.79. The fraction of sp³-hybridized carbons (Fsp3) is 0.350. The van der Waals surface area contributed by atoms with E-state index in [0.29, 0.717) is 6.07 Å². The van der Waals surface area contributed by atoms with Crippen molar-refractivity contribution in [2.45, 2.75) is 42.0 Å². The Bertz CT molecular complexity index is 1100. The number of esters is 1. The molecule has 5 nitrogen and oxygen atoms in total. The van der Waals surface area contributed by atoms with E-state index in [1.807, 2.05) is 0 Å². The second-order valence-corrected chi connectivity index (χ2v) is 9.47. The number of carbonyl (C=O) groups is 1. The summed E-state index contributed by atoms with van der Waals surface area (Å²) in [5.41, 5.74) is -1.93. The highest BCUT2D eigenvalue weighted by Crippen LogP contribution is 2.48. The molecule has 2 aromatic carbocycles. The predicted molar refractivity (Wildman–Crippen MR) is 98.2 cm³/mol. The molecule has 0 bridgehead atoms. The van der Waals surface area contributed by atoms with Crippen molar-refractivity contribution in [3.05, 3.63) is 59.7 Å². The minimum absolute atomic E-state index is 0.0721. The van der Waals surface area contributed by atoms with Gasteiger partial charge < -0.3 is 9.47 Å². The highest BCUT2D eigenvalue weighted by Gasteiger charge is 2.59. The lowest BCUT2D eigenvalue weighted by Crippen LogP contribution is -2.39. The molecule has 0 amide bonds. The van der Waals surface area contributed by atoms with E-state index in [1.54, 1.807) is 0 Å². The van der Waals surface area contributed by atoms with E-state index in [4.69, 9.17) is 9.47 Å². The van der Waals surface area contributed by atoms with Crippen LogP contribution in [0.3, 0.4) is 0 Å². The standard InChI is InChI=1S/C20H17F5O5S/c1-19(10-20(23,24)25)16(11-3-6-13(7-4-11)31(2,27)28)17(18(26)30-19)29-12-5-8-14(21)15(22)9-12/h3-9,16-17H,10H2,1-2H3/t16?,17?,19-/m1/s1. The molecule has 3 atom stereocenters. The molecular formula is C20H17F5O5S. The molecule has 3 rings (SSSR count). The number of carbonyl (C=O) groups excluding carboxylic acids is 1. The largest absolute Gasteiger partial charge is 0.478 e. The van der Waals surface area contributed by atoms with Crippen LogP contribution in [-0.2, 0) is 19.4 Å². The van der Waals surface area contributed by atoms with Crippen molar-refractivity contribution in [1.82, 2.24) is 0 Å². The molecule has 11 heteroatoms. The van der Waals surface area contributed by atoms with Gasteiger partial charge in [0, 0.05) is 12.3 Å². The van der Waals surface area contributed by atoms with Crippen LogP contribution in [0.25, 0.3) is 0 Å². The highest BCUT2D eigenvalue weighted by atomic mass is 32.2. The van der Waals surface area contributed by atoms with Gasteiger partial charge in [0.25, 0.3) is 0 Å². The van der Waals surface area contributed by atoms with Gasteiger partial charge in [0.1, 0.15) is 11.4 Å². The molecule has 31 heavy (non-hydrogen) atoms. The van der Waals surface area contributed by atoms with Crippen molar-refractivity contribution >= 4 is 15.8 Å². The lowest BCUT2D eigenvalue weighted by Gasteiger charge is -2.31. The Morgan fingerprint density at radius 1 is 1.06 bits per heavy atom. The van der Waals surface area contributed by atoms with E-state index in [1.165, 1.54) is 24.3 Å². The molecule has 168 valence electrons. The average Bonchev–Trinajstić information content (AvgIpc) is 2.85. The number of ether oxygens (including phenoxy) is 2. The maximum atomic E-state index is 13.5. The number of hydrogen-bond donors (Lipinski definition) is 0. The normalized spacial score (nSPS) is 24.2. The van der Waals surface area contributed by atoms with E-state index in [2.05, 4.69) is 0 Å². The van der Waals surface area contributed by atoms with E-state index >= 15 is 0 Å². The van der Waals surface area contributed by atoms with Gasteiger partial charge in [0.05, 0.1) is 17.2 Å². The summed E-state index contributed by atoms with van der Waals surface area (Å²) >= 11 is 0. The van der Waals surface area contributed by atoms with Crippen LogP contribution < -0.4 is 4.74 Å². The maximum absolute atomic E-state index is 13.5. The monoisotopic (exact) mass is 464 g/mol. The zero-order valence-corrected chi connectivity index (χ0v) is 17.1. The van der Waals surface area contributed by atoms with Crippen molar-refractivity contribution < 1.29 is 44.6 Å². The number of cyclic esters (lactones) is 1. The summed E-state index contributed by atoms with van der Waals surface area (Å²) in [5, 5.41) is 0. The van der Waals surface area contributed by atoms with Crippen molar-refractivity contribution in [1.29, 1.82) is 0 Å². The quantitative estimate of drug-likeness (QED) is 0.491. The van der Waals surface area contributed by atoms with Gasteiger partial charge in [0.15, 0.2) is 21.5 Å². The predicted octanol–water partition coefficient (Wildman–Crippen LogP) is 4.17. The summed E-state index contributed by atoms with van der Waals surface area (Å²) in [6.45, 7) is 1.09. The van der Waals surface area contributed by atoms with Crippen LogP contribution in [0.2, 0.25) is 0 Å². The topological polar surface area (TPSA) is 69.7 Å². The van der Waals surface area contributed by atoms with Gasteiger partial charge in [-0.25, -0.2) is 22.0 Å². The Balaban J connectivity index is 2.05. The fourth-order valence-corrected chi connectivity index (χ4v) is 4.24. The van der Waals surface area contributed by atoms with Crippen molar-refractivity contribution in [3.8, 4) is 5.75 Å². The molecule has 0 radical (unpaired) electrons. The molecule has 2 aromatic rings. The van der Waals surface area contributed by atoms with E-state index in [0.717, 1.165) is 25.3 Å². The molecule has 1 heterocycles. The molecule has 1 saturated heterocycles. The number of alkyl halides is 3. The molecule has 0 aliphatic carbocycles. The molecule has 1 aliphatic rings. The third kappa shape index (κ3) is 4.97. The summed E-state index contributed by atoms with van der Waals surface area (Å²) < 4.78 is 100. The first-order valence-corrected chi connectivity index (χ1v) is 10.8. The van der Waals surface area contributed by atoms with Gasteiger partial charge in [-0.05, 0) is 36.8 Å². The van der Waals surface area contributed by atoms with E-state index in [-0.39, 0.29) is 16.2 Å². The fourth-order valence-electron chi connectivity index (χ4n) is 3.61. The number of hydrogen-bond acceptors (Lipinski definition) is 5. The molecule has 0 saturated carbocycles. The Morgan fingerprint density at radius 3 is 2.19 bits per heavy atom. The zero-order valence-electron chi connectivity index (χ0n) is 16.2. The van der Waals surface area contributed by atoms with Gasteiger partial charge in [-0.2, -0.15) is 13.2 Å². The minimum Gasteiger partial charge on any atom is -0.478 e. The first-order chi connectivity index (χ1) is 14.2. The summed E-state index contributed by atoms with van der Waals surface area (Å²) in [6, 6.07) is 7.33. The first-order valence-electron chi connectivity index (χ1n) is 8.91. The highest BCUT2D eigenvalue weighted by molar-refractivity contribution is 7.90. The van der Waals surface area contributed by atoms with Gasteiger partial charge in [-0.15, -0.1) is 0 Å². The van der Waals surface area contributed by atoms with E-state index in [9.17, 15) is 35.2 Å². The molecule has 1 aliphatic heterocycles. The lowest BCUT2D eigenvalue weighted by molar-refractivity contribution is -0.183. The Kier molecular flexibility index (Phi) is 5.76. The maximum Gasteiger partial charge on any atom is 0.392 e.